The molecule has 3 saturated heterocycles. The van der Waals surface area contributed by atoms with E-state index in [1.54, 1.807) is 7.05 Å². The average Bonchev–Trinajstić information content (AvgIpc) is 3.19. The van der Waals surface area contributed by atoms with E-state index in [1.807, 2.05) is 49.5 Å². The first-order valence-corrected chi connectivity index (χ1v) is 10.5. The van der Waals surface area contributed by atoms with E-state index < -0.39 is 0 Å². The summed E-state index contributed by atoms with van der Waals surface area (Å²) < 4.78 is 5.79. The summed E-state index contributed by atoms with van der Waals surface area (Å²) in [7, 11) is 1.80. The molecular formula is C24H29N3O2. The van der Waals surface area contributed by atoms with Crippen molar-refractivity contribution >= 4 is 23.1 Å². The normalized spacial score (nSPS) is 27.3. The lowest BCUT2D eigenvalue weighted by atomic mass is 9.76. The lowest BCUT2D eigenvalue weighted by molar-refractivity contribution is 0.0137. The number of nitrogens with one attached hydrogen (secondary N) is 1. The number of hydrogen-bond acceptors (Lipinski definition) is 4. The lowest BCUT2D eigenvalue weighted by Crippen LogP contribution is -2.63. The van der Waals surface area contributed by atoms with Crippen LogP contribution < -0.4 is 5.32 Å². The fraction of sp³-hybridized carbons (Fsp3) is 0.417. The Hall–Kier alpha value is -2.66. The van der Waals surface area contributed by atoms with Gasteiger partial charge in [0, 0.05) is 30.7 Å². The first-order chi connectivity index (χ1) is 14.2. The van der Waals surface area contributed by atoms with Crippen molar-refractivity contribution in [1.29, 1.82) is 0 Å². The van der Waals surface area contributed by atoms with Gasteiger partial charge in [-0.2, -0.15) is 0 Å². The first-order valence-electron chi connectivity index (χ1n) is 10.5. The van der Waals surface area contributed by atoms with Crippen LogP contribution in [-0.2, 0) is 0 Å². The highest BCUT2D eigenvalue weighted by molar-refractivity contribution is 5.96. The minimum atomic E-state index is -0.118. The van der Waals surface area contributed by atoms with E-state index in [0.717, 1.165) is 43.3 Å². The van der Waals surface area contributed by atoms with Crippen molar-refractivity contribution in [3.8, 4) is 0 Å². The van der Waals surface area contributed by atoms with E-state index in [2.05, 4.69) is 27.4 Å². The minimum absolute atomic E-state index is 0.118. The average molecular weight is 392 g/mol. The topological polar surface area (TPSA) is 57.8 Å². The molecule has 1 aromatic heterocycles. The van der Waals surface area contributed by atoms with Crippen molar-refractivity contribution in [2.45, 2.75) is 38.3 Å². The third-order valence-corrected chi connectivity index (χ3v) is 6.16. The largest absolute Gasteiger partial charge is 0.451 e. The van der Waals surface area contributed by atoms with Gasteiger partial charge in [0.1, 0.15) is 5.58 Å². The molecule has 5 nitrogen and oxygen atoms in total. The molecule has 29 heavy (non-hydrogen) atoms. The molecule has 0 saturated carbocycles. The van der Waals surface area contributed by atoms with Gasteiger partial charge in [0.15, 0.2) is 5.76 Å². The quantitative estimate of drug-likeness (QED) is 0.592. The number of nitrogens with zero attached hydrogens (tertiary/aromatic N) is 2. The smallest absolute Gasteiger partial charge is 0.287 e. The number of rotatable bonds is 6. The van der Waals surface area contributed by atoms with Crippen molar-refractivity contribution in [2.24, 2.45) is 10.9 Å². The molecule has 5 rings (SSSR count). The Labute approximate surface area is 172 Å². The molecule has 1 amide bonds. The number of hydrogen-bond donors (Lipinski definition) is 1. The van der Waals surface area contributed by atoms with Crippen LogP contribution in [0.25, 0.3) is 11.0 Å². The highest BCUT2D eigenvalue weighted by Gasteiger charge is 2.43. The zero-order chi connectivity index (χ0) is 20.2. The van der Waals surface area contributed by atoms with Crippen LogP contribution in [0.4, 0.5) is 0 Å². The summed E-state index contributed by atoms with van der Waals surface area (Å²) in [5, 5.41) is 4.27. The summed E-state index contributed by atoms with van der Waals surface area (Å²) in [6.07, 6.45) is 11.3. The third kappa shape index (κ3) is 4.20. The van der Waals surface area contributed by atoms with Gasteiger partial charge in [-0.3, -0.25) is 14.7 Å². The second kappa shape index (κ2) is 8.78. The molecule has 0 unspecified atom stereocenters. The third-order valence-electron chi connectivity index (χ3n) is 6.16. The molecule has 2 atom stereocenters. The second-order valence-corrected chi connectivity index (χ2v) is 7.95. The number of amides is 1. The van der Waals surface area contributed by atoms with Gasteiger partial charge in [-0.25, -0.2) is 0 Å². The van der Waals surface area contributed by atoms with E-state index >= 15 is 0 Å². The SMILES string of the molecule is C\C=C/C=C(\C=N/C)C[C@H]1[C@H](NC(=O)c2cc3ccccc3o2)C2CCN1CC2. The van der Waals surface area contributed by atoms with Gasteiger partial charge in [-0.15, -0.1) is 0 Å². The molecule has 2 aromatic rings. The van der Waals surface area contributed by atoms with Crippen molar-refractivity contribution in [3.63, 3.8) is 0 Å². The number of aliphatic imine (C=N–C) groups is 1. The van der Waals surface area contributed by atoms with Crippen molar-refractivity contribution in [1.82, 2.24) is 10.2 Å². The van der Waals surface area contributed by atoms with Crippen molar-refractivity contribution in [3.05, 3.63) is 59.9 Å². The monoisotopic (exact) mass is 391 g/mol. The van der Waals surface area contributed by atoms with Gasteiger partial charge in [0.25, 0.3) is 5.91 Å². The van der Waals surface area contributed by atoms with Crippen LogP contribution in [0.1, 0.15) is 36.7 Å². The Morgan fingerprint density at radius 1 is 1.31 bits per heavy atom. The Morgan fingerprint density at radius 3 is 2.83 bits per heavy atom. The Bertz CT molecular complexity index is 915. The number of carbonyl (C=O) groups is 1. The molecule has 5 heteroatoms. The molecule has 3 aliphatic heterocycles. The first kappa shape index (κ1) is 19.6. The van der Waals surface area contributed by atoms with Crippen LogP contribution in [0, 0.1) is 5.92 Å². The number of furan rings is 1. The summed E-state index contributed by atoms with van der Waals surface area (Å²) >= 11 is 0. The zero-order valence-electron chi connectivity index (χ0n) is 17.2. The van der Waals surface area contributed by atoms with Crippen LogP contribution in [0.2, 0.25) is 0 Å². The lowest BCUT2D eigenvalue weighted by Gasteiger charge is -2.51. The number of para-hydroxylation sites is 1. The van der Waals surface area contributed by atoms with E-state index in [9.17, 15) is 4.79 Å². The molecular weight excluding hydrogens is 362 g/mol. The number of benzene rings is 1. The molecule has 3 fully saturated rings. The number of fused-ring (bicyclic) bond motifs is 4. The molecule has 0 spiro atoms. The fourth-order valence-corrected chi connectivity index (χ4v) is 4.73. The van der Waals surface area contributed by atoms with Crippen molar-refractivity contribution < 1.29 is 9.21 Å². The van der Waals surface area contributed by atoms with Gasteiger partial charge in [-0.05, 0) is 62.9 Å². The molecule has 4 heterocycles. The molecule has 0 aliphatic carbocycles. The maximum Gasteiger partial charge on any atom is 0.287 e. The van der Waals surface area contributed by atoms with Crippen molar-refractivity contribution in [2.75, 3.05) is 20.1 Å². The van der Waals surface area contributed by atoms with Crippen LogP contribution in [0.3, 0.4) is 0 Å². The maximum atomic E-state index is 13.0. The molecule has 1 aromatic carbocycles. The van der Waals surface area contributed by atoms with Gasteiger partial charge >= 0.3 is 0 Å². The maximum absolute atomic E-state index is 13.0. The highest BCUT2D eigenvalue weighted by Crippen LogP contribution is 2.35. The van der Waals surface area contributed by atoms with E-state index in [4.69, 9.17) is 4.42 Å². The summed E-state index contributed by atoms with van der Waals surface area (Å²) in [5.41, 5.74) is 1.94. The molecule has 1 N–H and O–H groups in total. The van der Waals surface area contributed by atoms with Crippen LogP contribution in [0.15, 0.2) is 63.5 Å². The van der Waals surface area contributed by atoms with Gasteiger partial charge in [0.05, 0.1) is 0 Å². The standard InChI is InChI=1S/C24H29N3O2/c1-3-4-7-17(16-25-2)14-20-23(18-10-12-27(20)13-11-18)26-24(28)22-15-19-8-5-6-9-21(19)29-22/h3-9,15-16,18,20,23H,10-14H2,1-2H3,(H,26,28)/b4-3-,17-7-,25-16-/t20-,23+/m0/s1. The van der Waals surface area contributed by atoms with Gasteiger partial charge in [0.2, 0.25) is 0 Å². The molecule has 3 aliphatic rings. The summed E-state index contributed by atoms with van der Waals surface area (Å²) in [5.74, 6) is 0.786. The van der Waals surface area contributed by atoms with Crippen LogP contribution in [0.5, 0.6) is 0 Å². The number of piperidine rings is 3. The Balaban J connectivity index is 1.55. The predicted molar refractivity (Wildman–Crippen MR) is 117 cm³/mol. The van der Waals surface area contributed by atoms with Gasteiger partial charge < -0.3 is 9.73 Å². The fourth-order valence-electron chi connectivity index (χ4n) is 4.73. The Kier molecular flexibility index (Phi) is 5.95. The summed E-state index contributed by atoms with van der Waals surface area (Å²) in [4.78, 5) is 19.8. The molecule has 2 bridgehead atoms. The van der Waals surface area contributed by atoms with Gasteiger partial charge in [-0.1, -0.05) is 36.4 Å². The van der Waals surface area contributed by atoms with E-state index in [-0.39, 0.29) is 18.0 Å². The Morgan fingerprint density at radius 2 is 2.10 bits per heavy atom. The second-order valence-electron chi connectivity index (χ2n) is 7.95. The number of allylic oxidation sites excluding steroid dienone is 3. The van der Waals surface area contributed by atoms with E-state index in [1.165, 1.54) is 5.57 Å². The van der Waals surface area contributed by atoms with Crippen LogP contribution >= 0.6 is 0 Å². The highest BCUT2D eigenvalue weighted by atomic mass is 16.3. The number of carbonyl (C=O) groups excluding carboxylic acids is 1. The van der Waals surface area contributed by atoms with E-state index in [0.29, 0.717) is 11.7 Å². The van der Waals surface area contributed by atoms with Crippen LogP contribution in [-0.4, -0.2) is 49.2 Å². The summed E-state index contributed by atoms with van der Waals surface area (Å²) in [6.45, 7) is 4.22. The molecule has 0 radical (unpaired) electrons. The zero-order valence-corrected chi connectivity index (χ0v) is 17.2. The predicted octanol–water partition coefficient (Wildman–Crippen LogP) is 4.22. The molecule has 152 valence electrons. The summed E-state index contributed by atoms with van der Waals surface area (Å²) in [6, 6.07) is 9.98. The minimum Gasteiger partial charge on any atom is -0.451 e.